The maximum atomic E-state index is 11.5. The van der Waals surface area contributed by atoms with Crippen LogP contribution < -0.4 is 0 Å². The smallest absolute Gasteiger partial charge is 0.278 e. The van der Waals surface area contributed by atoms with Crippen LogP contribution >= 0.6 is 15.9 Å². The summed E-state index contributed by atoms with van der Waals surface area (Å²) < 4.78 is 0.878. The molecule has 1 amide bonds. The zero-order valence-electron chi connectivity index (χ0n) is 8.07. The average molecular weight is 255 g/mol. The quantitative estimate of drug-likeness (QED) is 0.599. The minimum absolute atomic E-state index is 0.236. The highest BCUT2D eigenvalue weighted by Gasteiger charge is 2.02. The van der Waals surface area contributed by atoms with Crippen LogP contribution in [0.5, 0.6) is 0 Å². The van der Waals surface area contributed by atoms with Crippen LogP contribution in [0.1, 0.15) is 10.4 Å². The molecule has 0 aliphatic carbocycles. The molecule has 74 valence electrons. The third-order valence-corrected chi connectivity index (χ3v) is 1.97. The van der Waals surface area contributed by atoms with Crippen molar-refractivity contribution in [1.29, 1.82) is 0 Å². The molecule has 1 aromatic rings. The topological polar surface area (TPSA) is 32.7 Å². The predicted molar refractivity (Wildman–Crippen MR) is 60.7 cm³/mol. The largest absolute Gasteiger partial charge is 0.369 e. The van der Waals surface area contributed by atoms with Gasteiger partial charge in [-0.05, 0) is 18.2 Å². The first-order chi connectivity index (χ1) is 6.59. The van der Waals surface area contributed by atoms with Gasteiger partial charge >= 0.3 is 0 Å². The van der Waals surface area contributed by atoms with Gasteiger partial charge in [0.2, 0.25) is 0 Å². The van der Waals surface area contributed by atoms with E-state index in [0.717, 1.165) is 4.47 Å². The Morgan fingerprint density at radius 1 is 1.50 bits per heavy atom. The fourth-order valence-electron chi connectivity index (χ4n) is 0.864. The third-order valence-electron chi connectivity index (χ3n) is 1.48. The summed E-state index contributed by atoms with van der Waals surface area (Å²) in [5.41, 5.74) is 0.581. The molecule has 0 aliphatic rings. The van der Waals surface area contributed by atoms with Crippen molar-refractivity contribution in [3.8, 4) is 0 Å². The summed E-state index contributed by atoms with van der Waals surface area (Å²) in [6.45, 7) is 0. The van der Waals surface area contributed by atoms with Gasteiger partial charge in [-0.2, -0.15) is 4.99 Å². The molecule has 0 fully saturated rings. The predicted octanol–water partition coefficient (Wildman–Crippen LogP) is 2.18. The minimum atomic E-state index is -0.236. The number of benzene rings is 1. The SMILES string of the molecule is CN(C)C=NC(=O)c1cccc(Br)c1. The lowest BCUT2D eigenvalue weighted by atomic mass is 10.2. The number of carbonyl (C=O) groups is 1. The Kier molecular flexibility index (Phi) is 3.83. The summed E-state index contributed by atoms with van der Waals surface area (Å²) in [6, 6.07) is 7.16. The van der Waals surface area contributed by atoms with Crippen molar-refractivity contribution in [1.82, 2.24) is 4.90 Å². The summed E-state index contributed by atoms with van der Waals surface area (Å²) >= 11 is 3.30. The lowest BCUT2D eigenvalue weighted by Crippen LogP contribution is -2.09. The number of hydrogen-bond donors (Lipinski definition) is 0. The van der Waals surface area contributed by atoms with Gasteiger partial charge in [0.1, 0.15) is 0 Å². The molecule has 4 heteroatoms. The van der Waals surface area contributed by atoms with Gasteiger partial charge in [-0.1, -0.05) is 22.0 Å². The van der Waals surface area contributed by atoms with E-state index in [-0.39, 0.29) is 5.91 Å². The normalized spacial score (nSPS) is 10.5. The van der Waals surface area contributed by atoms with Crippen LogP contribution in [0.2, 0.25) is 0 Å². The van der Waals surface area contributed by atoms with Crippen molar-refractivity contribution in [2.45, 2.75) is 0 Å². The molecule has 0 spiro atoms. The molecule has 0 saturated heterocycles. The second kappa shape index (κ2) is 4.91. The highest BCUT2D eigenvalue weighted by atomic mass is 79.9. The second-order valence-electron chi connectivity index (χ2n) is 3.02. The van der Waals surface area contributed by atoms with Gasteiger partial charge < -0.3 is 4.90 Å². The summed E-state index contributed by atoms with van der Waals surface area (Å²) in [6.07, 6.45) is 1.49. The van der Waals surface area contributed by atoms with Crippen molar-refractivity contribution in [3.63, 3.8) is 0 Å². The number of hydrogen-bond acceptors (Lipinski definition) is 1. The molecule has 0 heterocycles. The van der Waals surface area contributed by atoms with Crippen molar-refractivity contribution in [3.05, 3.63) is 34.3 Å². The zero-order chi connectivity index (χ0) is 10.6. The summed E-state index contributed by atoms with van der Waals surface area (Å²) in [7, 11) is 3.63. The van der Waals surface area contributed by atoms with Gasteiger partial charge in [-0.15, -0.1) is 0 Å². The first-order valence-corrected chi connectivity index (χ1v) is 4.89. The number of rotatable bonds is 2. The van der Waals surface area contributed by atoms with Gasteiger partial charge in [-0.3, -0.25) is 4.79 Å². The van der Waals surface area contributed by atoms with Crippen molar-refractivity contribution < 1.29 is 4.79 Å². The van der Waals surface area contributed by atoms with Crippen LogP contribution in [0.15, 0.2) is 33.7 Å². The maximum absolute atomic E-state index is 11.5. The molecule has 14 heavy (non-hydrogen) atoms. The highest BCUT2D eigenvalue weighted by molar-refractivity contribution is 9.10. The van der Waals surface area contributed by atoms with E-state index < -0.39 is 0 Å². The van der Waals surface area contributed by atoms with E-state index in [1.54, 1.807) is 17.0 Å². The summed E-state index contributed by atoms with van der Waals surface area (Å²) in [5, 5.41) is 0. The Morgan fingerprint density at radius 2 is 2.21 bits per heavy atom. The van der Waals surface area contributed by atoms with E-state index in [9.17, 15) is 4.79 Å². The lowest BCUT2D eigenvalue weighted by Gasteiger charge is -2.01. The molecule has 0 saturated carbocycles. The molecule has 3 nitrogen and oxygen atoms in total. The molecular formula is C10H11BrN2O. The fourth-order valence-corrected chi connectivity index (χ4v) is 1.26. The number of carbonyl (C=O) groups excluding carboxylic acids is 1. The number of halogens is 1. The van der Waals surface area contributed by atoms with Crippen LogP contribution in [0, 0.1) is 0 Å². The number of nitrogens with zero attached hydrogens (tertiary/aromatic N) is 2. The Labute approximate surface area is 91.6 Å². The molecule has 0 unspecified atom stereocenters. The summed E-state index contributed by atoms with van der Waals surface area (Å²) in [5.74, 6) is -0.236. The molecule has 1 aromatic carbocycles. The molecule has 0 aromatic heterocycles. The van der Waals surface area contributed by atoms with Gasteiger partial charge in [0.25, 0.3) is 5.91 Å². The first-order valence-electron chi connectivity index (χ1n) is 4.10. The van der Waals surface area contributed by atoms with E-state index >= 15 is 0 Å². The van der Waals surface area contributed by atoms with E-state index in [0.29, 0.717) is 5.56 Å². The Hall–Kier alpha value is -1.16. The first kappa shape index (κ1) is 10.9. The lowest BCUT2D eigenvalue weighted by molar-refractivity contribution is 0.100. The second-order valence-corrected chi connectivity index (χ2v) is 3.94. The van der Waals surface area contributed by atoms with Crippen LogP contribution in [-0.2, 0) is 0 Å². The van der Waals surface area contributed by atoms with E-state index in [4.69, 9.17) is 0 Å². The van der Waals surface area contributed by atoms with E-state index in [1.165, 1.54) is 6.34 Å². The number of aliphatic imine (C=N–C) groups is 1. The highest BCUT2D eigenvalue weighted by Crippen LogP contribution is 2.12. The standard InChI is InChI=1S/C10H11BrN2O/c1-13(2)7-12-10(14)8-4-3-5-9(11)6-8/h3-7H,1-2H3. The molecule has 0 atom stereocenters. The molecule has 0 radical (unpaired) electrons. The molecular weight excluding hydrogens is 244 g/mol. The van der Waals surface area contributed by atoms with Crippen LogP contribution in [0.3, 0.4) is 0 Å². The van der Waals surface area contributed by atoms with Gasteiger partial charge in [0.15, 0.2) is 0 Å². The zero-order valence-corrected chi connectivity index (χ0v) is 9.65. The van der Waals surface area contributed by atoms with Crippen molar-refractivity contribution >= 4 is 28.2 Å². The maximum Gasteiger partial charge on any atom is 0.278 e. The molecule has 0 N–H and O–H groups in total. The number of amides is 1. The van der Waals surface area contributed by atoms with E-state index in [2.05, 4.69) is 20.9 Å². The van der Waals surface area contributed by atoms with Gasteiger partial charge in [0, 0.05) is 24.1 Å². The Bertz CT molecular complexity index is 361. The third kappa shape index (κ3) is 3.30. The van der Waals surface area contributed by atoms with Crippen LogP contribution in [-0.4, -0.2) is 31.2 Å². The monoisotopic (exact) mass is 254 g/mol. The fraction of sp³-hybridized carbons (Fsp3) is 0.200. The van der Waals surface area contributed by atoms with Gasteiger partial charge in [0.05, 0.1) is 6.34 Å². The van der Waals surface area contributed by atoms with E-state index in [1.807, 2.05) is 26.2 Å². The van der Waals surface area contributed by atoms with Crippen molar-refractivity contribution in [2.24, 2.45) is 4.99 Å². The van der Waals surface area contributed by atoms with Gasteiger partial charge in [-0.25, -0.2) is 0 Å². The minimum Gasteiger partial charge on any atom is -0.369 e. The summed E-state index contributed by atoms with van der Waals surface area (Å²) in [4.78, 5) is 17.0. The molecule has 0 aliphatic heterocycles. The van der Waals surface area contributed by atoms with Crippen molar-refractivity contribution in [2.75, 3.05) is 14.1 Å². The van der Waals surface area contributed by atoms with Crippen LogP contribution in [0.4, 0.5) is 0 Å². The molecule has 0 bridgehead atoms. The Morgan fingerprint density at radius 3 is 2.79 bits per heavy atom. The average Bonchev–Trinajstić information content (AvgIpc) is 2.14. The van der Waals surface area contributed by atoms with Crippen LogP contribution in [0.25, 0.3) is 0 Å². The molecule has 1 rings (SSSR count). The Balaban J connectivity index is 2.80.